The summed E-state index contributed by atoms with van der Waals surface area (Å²) in [5, 5.41) is 20.2. The first kappa shape index (κ1) is 32.9. The first-order chi connectivity index (χ1) is 30.2. The molecule has 0 radical (unpaired) electrons. The van der Waals surface area contributed by atoms with Gasteiger partial charge in [0.05, 0.1) is 0 Å². The highest BCUT2D eigenvalue weighted by molar-refractivity contribution is 6.27. The third-order valence-corrected chi connectivity index (χ3v) is 13.5. The summed E-state index contributed by atoms with van der Waals surface area (Å²) in [7, 11) is 0. The van der Waals surface area contributed by atoms with Gasteiger partial charge in [-0.3, -0.25) is 0 Å². The van der Waals surface area contributed by atoms with Gasteiger partial charge in [0.15, 0.2) is 0 Å². The number of fused-ring (bicyclic) bond motifs is 5. The molecule has 0 N–H and O–H groups in total. The minimum Gasteiger partial charge on any atom is -0.455 e. The Bertz CT molecular complexity index is 4080. The fourth-order valence-corrected chi connectivity index (χ4v) is 10.7. The first-order valence-electron chi connectivity index (χ1n) is 21.1. The van der Waals surface area contributed by atoms with Crippen LogP contribution in [0.2, 0.25) is 0 Å². The number of rotatable bonds is 4. The van der Waals surface area contributed by atoms with Crippen LogP contribution in [-0.2, 0) is 0 Å². The van der Waals surface area contributed by atoms with E-state index < -0.39 is 0 Å². The molecule has 0 amide bonds. The van der Waals surface area contributed by atoms with Gasteiger partial charge in [0.25, 0.3) is 0 Å². The van der Waals surface area contributed by atoms with Gasteiger partial charge in [-0.05, 0) is 151 Å². The van der Waals surface area contributed by atoms with E-state index in [-0.39, 0.29) is 0 Å². The molecule has 0 saturated heterocycles. The second kappa shape index (κ2) is 12.3. The van der Waals surface area contributed by atoms with Gasteiger partial charge in [0.2, 0.25) is 0 Å². The first-order valence-corrected chi connectivity index (χ1v) is 21.1. The summed E-state index contributed by atoms with van der Waals surface area (Å²) in [6.45, 7) is 0. The highest BCUT2D eigenvalue weighted by Crippen LogP contribution is 2.45. The lowest BCUT2D eigenvalue weighted by Crippen LogP contribution is -1.89. The van der Waals surface area contributed by atoms with Crippen molar-refractivity contribution in [3.8, 4) is 44.5 Å². The van der Waals surface area contributed by atoms with E-state index in [0.717, 1.165) is 32.7 Å². The topological polar surface area (TPSA) is 13.1 Å². The largest absolute Gasteiger partial charge is 0.455 e. The second-order valence-corrected chi connectivity index (χ2v) is 16.8. The van der Waals surface area contributed by atoms with E-state index in [0.29, 0.717) is 0 Å². The standard InChI is InChI=1S/C60H34O/c1-2-16-54-52(15-1)59-53(45-14-6-13-44(33-45)48-27-22-40-20-18-36-8-4-10-38-24-30-51(48)58(40)56(36)38)34-46-32-42(25-28-49(46)60(59)61-54)41-11-5-12-43(31-41)47-26-21-39-19-17-35-7-3-9-37-23-29-50(47)57(39)55(35)37/h1-34H. The Balaban J connectivity index is 0.940. The lowest BCUT2D eigenvalue weighted by atomic mass is 9.88. The molecule has 0 saturated carbocycles. The lowest BCUT2D eigenvalue weighted by Gasteiger charge is -2.15. The summed E-state index contributed by atoms with van der Waals surface area (Å²) in [6, 6.07) is 76.4. The second-order valence-electron chi connectivity index (χ2n) is 16.8. The number of benzene rings is 13. The molecule has 14 aromatic rings. The predicted octanol–water partition coefficient (Wildman–Crippen LogP) is 17.2. The maximum Gasteiger partial charge on any atom is 0.143 e. The average molecular weight is 771 g/mol. The van der Waals surface area contributed by atoms with Crippen LogP contribution in [0.15, 0.2) is 211 Å². The van der Waals surface area contributed by atoms with Crippen molar-refractivity contribution >= 4 is 97.3 Å². The van der Waals surface area contributed by atoms with E-state index in [2.05, 4.69) is 206 Å². The predicted molar refractivity (Wildman–Crippen MR) is 260 cm³/mol. The van der Waals surface area contributed by atoms with Crippen LogP contribution in [0.5, 0.6) is 0 Å². The molecule has 1 heterocycles. The molecular weight excluding hydrogens is 737 g/mol. The van der Waals surface area contributed by atoms with Gasteiger partial charge in [-0.1, -0.05) is 170 Å². The van der Waals surface area contributed by atoms with Gasteiger partial charge in [-0.2, -0.15) is 0 Å². The molecule has 1 heteroatoms. The van der Waals surface area contributed by atoms with Crippen molar-refractivity contribution in [1.29, 1.82) is 0 Å². The monoisotopic (exact) mass is 770 g/mol. The molecule has 0 atom stereocenters. The van der Waals surface area contributed by atoms with E-state index in [4.69, 9.17) is 4.42 Å². The van der Waals surface area contributed by atoms with Crippen LogP contribution >= 0.6 is 0 Å². The molecule has 0 aliphatic rings. The van der Waals surface area contributed by atoms with Crippen molar-refractivity contribution in [2.24, 2.45) is 0 Å². The highest BCUT2D eigenvalue weighted by atomic mass is 16.3. The van der Waals surface area contributed by atoms with Crippen molar-refractivity contribution < 1.29 is 4.42 Å². The average Bonchev–Trinajstić information content (AvgIpc) is 3.72. The third kappa shape index (κ3) is 4.72. The van der Waals surface area contributed by atoms with Crippen molar-refractivity contribution in [3.63, 3.8) is 0 Å². The Morgan fingerprint density at radius 3 is 1.31 bits per heavy atom. The van der Waals surface area contributed by atoms with E-state index >= 15 is 0 Å². The summed E-state index contributed by atoms with van der Waals surface area (Å²) < 4.78 is 6.78. The number of furan rings is 1. The summed E-state index contributed by atoms with van der Waals surface area (Å²) in [5.41, 5.74) is 11.5. The van der Waals surface area contributed by atoms with Crippen LogP contribution in [0.3, 0.4) is 0 Å². The zero-order valence-electron chi connectivity index (χ0n) is 33.0. The van der Waals surface area contributed by atoms with E-state index in [9.17, 15) is 0 Å². The Morgan fingerprint density at radius 2 is 0.689 bits per heavy atom. The lowest BCUT2D eigenvalue weighted by molar-refractivity contribution is 0.673. The molecule has 0 unspecified atom stereocenters. The van der Waals surface area contributed by atoms with Gasteiger partial charge in [-0.25, -0.2) is 0 Å². The third-order valence-electron chi connectivity index (χ3n) is 13.5. The molecule has 0 aliphatic heterocycles. The SMILES string of the molecule is c1cc(-c2ccc3c(c2)cc(-c2cccc(-c4ccc5ccc6cccc7ccc4c5c67)c2)c2c4ccccc4oc32)cc(-c2ccc3ccc4cccc5ccc2c3c45)c1. The molecule has 0 aliphatic carbocycles. The number of para-hydroxylation sites is 1. The Morgan fingerprint density at radius 1 is 0.230 bits per heavy atom. The van der Waals surface area contributed by atoms with Gasteiger partial charge in [0.1, 0.15) is 11.2 Å². The summed E-state index contributed by atoms with van der Waals surface area (Å²) in [6.07, 6.45) is 0. The van der Waals surface area contributed by atoms with Crippen LogP contribution in [-0.4, -0.2) is 0 Å². The molecule has 1 aromatic heterocycles. The van der Waals surface area contributed by atoms with E-state index in [1.165, 1.54) is 109 Å². The van der Waals surface area contributed by atoms with Crippen molar-refractivity contribution in [1.82, 2.24) is 0 Å². The Labute approximate surface area is 351 Å². The quantitative estimate of drug-likeness (QED) is 0.162. The Kier molecular flexibility index (Phi) is 6.62. The van der Waals surface area contributed by atoms with Crippen LogP contribution in [0.4, 0.5) is 0 Å². The molecule has 280 valence electrons. The van der Waals surface area contributed by atoms with Crippen molar-refractivity contribution in [2.45, 2.75) is 0 Å². The molecule has 1 nitrogen and oxygen atoms in total. The smallest absolute Gasteiger partial charge is 0.143 e. The molecule has 0 spiro atoms. The maximum absolute atomic E-state index is 6.78. The van der Waals surface area contributed by atoms with Crippen LogP contribution in [0.1, 0.15) is 0 Å². The van der Waals surface area contributed by atoms with Crippen molar-refractivity contribution in [2.75, 3.05) is 0 Å². The van der Waals surface area contributed by atoms with E-state index in [1.54, 1.807) is 0 Å². The number of hydrogen-bond donors (Lipinski definition) is 0. The highest BCUT2D eigenvalue weighted by Gasteiger charge is 2.19. The minimum absolute atomic E-state index is 0.902. The molecule has 14 rings (SSSR count). The zero-order valence-corrected chi connectivity index (χ0v) is 33.0. The maximum atomic E-state index is 6.78. The summed E-state index contributed by atoms with van der Waals surface area (Å²) in [5.74, 6) is 0. The normalized spacial score (nSPS) is 12.3. The van der Waals surface area contributed by atoms with Gasteiger partial charge in [-0.15, -0.1) is 0 Å². The fraction of sp³-hybridized carbons (Fsp3) is 0. The zero-order chi connectivity index (χ0) is 39.8. The van der Waals surface area contributed by atoms with Crippen LogP contribution in [0, 0.1) is 0 Å². The molecular formula is C60H34O. The Hall–Kier alpha value is -8.00. The van der Waals surface area contributed by atoms with Crippen LogP contribution in [0.25, 0.3) is 142 Å². The van der Waals surface area contributed by atoms with E-state index in [1.807, 2.05) is 0 Å². The molecule has 0 bridgehead atoms. The van der Waals surface area contributed by atoms with Gasteiger partial charge < -0.3 is 4.42 Å². The van der Waals surface area contributed by atoms with Gasteiger partial charge in [0, 0.05) is 16.2 Å². The summed E-state index contributed by atoms with van der Waals surface area (Å²) in [4.78, 5) is 0. The summed E-state index contributed by atoms with van der Waals surface area (Å²) >= 11 is 0. The van der Waals surface area contributed by atoms with Crippen LogP contribution < -0.4 is 0 Å². The molecule has 13 aromatic carbocycles. The minimum atomic E-state index is 0.902. The number of hydrogen-bond acceptors (Lipinski definition) is 1. The fourth-order valence-electron chi connectivity index (χ4n) is 10.7. The molecule has 0 fully saturated rings. The van der Waals surface area contributed by atoms with Gasteiger partial charge >= 0.3 is 0 Å². The molecule has 61 heavy (non-hydrogen) atoms. The van der Waals surface area contributed by atoms with Crippen molar-refractivity contribution in [3.05, 3.63) is 206 Å².